The summed E-state index contributed by atoms with van der Waals surface area (Å²) in [5, 5.41) is 6.94. The zero-order chi connectivity index (χ0) is 20.6. The van der Waals surface area contributed by atoms with E-state index in [0.29, 0.717) is 17.8 Å². The van der Waals surface area contributed by atoms with Crippen LogP contribution < -0.4 is 5.32 Å². The molecule has 1 N–H and O–H groups in total. The van der Waals surface area contributed by atoms with Crippen LogP contribution in [0.5, 0.6) is 0 Å². The van der Waals surface area contributed by atoms with E-state index in [1.807, 2.05) is 30.3 Å². The summed E-state index contributed by atoms with van der Waals surface area (Å²) in [5.41, 5.74) is 1.96. The first-order valence-corrected chi connectivity index (χ1v) is 11.1. The van der Waals surface area contributed by atoms with Crippen molar-refractivity contribution in [3.8, 4) is 11.3 Å². The van der Waals surface area contributed by atoms with Crippen LogP contribution in [0.15, 0.2) is 54.6 Å². The van der Waals surface area contributed by atoms with Crippen LogP contribution in [0, 0.1) is 5.82 Å². The molecule has 1 aliphatic rings. The van der Waals surface area contributed by atoms with E-state index in [1.54, 1.807) is 10.7 Å². The van der Waals surface area contributed by atoms with E-state index in [9.17, 15) is 17.6 Å². The summed E-state index contributed by atoms with van der Waals surface area (Å²) < 4.78 is 38.8. The number of carbonyl (C=O) groups excluding carboxylic acids is 1. The predicted molar refractivity (Wildman–Crippen MR) is 109 cm³/mol. The second-order valence-electron chi connectivity index (χ2n) is 6.87. The van der Waals surface area contributed by atoms with Gasteiger partial charge >= 0.3 is 0 Å². The number of nitrogens with zero attached hydrogens (tertiary/aromatic N) is 2. The van der Waals surface area contributed by atoms with Gasteiger partial charge in [0.2, 0.25) is 0 Å². The number of hydrogen-bond acceptors (Lipinski definition) is 4. The molecule has 3 aromatic rings. The van der Waals surface area contributed by atoms with Gasteiger partial charge in [0.05, 0.1) is 28.3 Å². The Kier molecular flexibility index (Phi) is 5.14. The van der Waals surface area contributed by atoms with Crippen molar-refractivity contribution in [2.75, 3.05) is 16.8 Å². The molecule has 1 amide bonds. The van der Waals surface area contributed by atoms with E-state index < -0.39 is 21.6 Å². The number of benzene rings is 2. The molecule has 1 aliphatic heterocycles. The van der Waals surface area contributed by atoms with Crippen LogP contribution in [-0.2, 0) is 9.84 Å². The Morgan fingerprint density at radius 2 is 1.93 bits per heavy atom. The lowest BCUT2D eigenvalue weighted by atomic mass is 10.1. The highest BCUT2D eigenvalue weighted by molar-refractivity contribution is 7.91. The van der Waals surface area contributed by atoms with Crippen molar-refractivity contribution < 1.29 is 17.6 Å². The number of anilines is 1. The Hall–Kier alpha value is -2.71. The third kappa shape index (κ3) is 4.18. The molecule has 6 nitrogen and oxygen atoms in total. The van der Waals surface area contributed by atoms with Gasteiger partial charge in [0, 0.05) is 5.69 Å². The van der Waals surface area contributed by atoms with Gasteiger partial charge in [0.15, 0.2) is 15.5 Å². The Labute approximate surface area is 172 Å². The lowest BCUT2D eigenvalue weighted by molar-refractivity contribution is 0.102. The van der Waals surface area contributed by atoms with E-state index in [-0.39, 0.29) is 28.3 Å². The largest absolute Gasteiger partial charge is 0.321 e. The molecule has 0 bridgehead atoms. The predicted octanol–water partition coefficient (Wildman–Crippen LogP) is 3.95. The third-order valence-corrected chi connectivity index (χ3v) is 6.81. The van der Waals surface area contributed by atoms with Gasteiger partial charge in [-0.05, 0) is 36.2 Å². The minimum Gasteiger partial charge on any atom is -0.321 e. The van der Waals surface area contributed by atoms with Gasteiger partial charge in [-0.2, -0.15) is 5.10 Å². The highest BCUT2D eigenvalue weighted by Gasteiger charge is 2.32. The topological polar surface area (TPSA) is 81.1 Å². The molecule has 1 saturated heterocycles. The Bertz CT molecular complexity index is 1180. The lowest BCUT2D eigenvalue weighted by Gasteiger charge is -2.13. The number of sulfone groups is 1. The molecule has 4 rings (SSSR count). The van der Waals surface area contributed by atoms with Gasteiger partial charge in [0.25, 0.3) is 5.91 Å². The van der Waals surface area contributed by atoms with Crippen molar-refractivity contribution in [1.29, 1.82) is 0 Å². The fourth-order valence-electron chi connectivity index (χ4n) is 3.35. The number of aromatic nitrogens is 2. The summed E-state index contributed by atoms with van der Waals surface area (Å²) in [6.07, 6.45) is 0.443. The third-order valence-electron chi connectivity index (χ3n) is 4.77. The monoisotopic (exact) mass is 433 g/mol. The summed E-state index contributed by atoms with van der Waals surface area (Å²) in [5.74, 6) is -0.989. The van der Waals surface area contributed by atoms with Gasteiger partial charge in [-0.15, -0.1) is 0 Å². The molecular formula is C20H17ClFN3O3S. The van der Waals surface area contributed by atoms with Gasteiger partial charge in [-0.1, -0.05) is 41.9 Å². The van der Waals surface area contributed by atoms with Crippen molar-refractivity contribution in [2.24, 2.45) is 0 Å². The fourth-order valence-corrected chi connectivity index (χ4v) is 5.22. The van der Waals surface area contributed by atoms with Crippen molar-refractivity contribution in [1.82, 2.24) is 9.78 Å². The van der Waals surface area contributed by atoms with Crippen LogP contribution in [0.25, 0.3) is 11.3 Å². The average molecular weight is 434 g/mol. The SMILES string of the molecule is O=C(Nc1ccc(F)c(Cl)c1)c1cc(-c2ccccc2)n([C@H]2CCS(=O)(=O)C2)n1. The Morgan fingerprint density at radius 1 is 1.17 bits per heavy atom. The number of halogens is 2. The van der Waals surface area contributed by atoms with E-state index in [1.165, 1.54) is 12.1 Å². The molecule has 9 heteroatoms. The van der Waals surface area contributed by atoms with E-state index >= 15 is 0 Å². The highest BCUT2D eigenvalue weighted by Crippen LogP contribution is 2.30. The average Bonchev–Trinajstić information content (AvgIpc) is 3.29. The van der Waals surface area contributed by atoms with Crippen LogP contribution >= 0.6 is 11.6 Å². The van der Waals surface area contributed by atoms with Crippen LogP contribution in [0.1, 0.15) is 23.0 Å². The molecule has 2 aromatic carbocycles. The van der Waals surface area contributed by atoms with Crippen molar-refractivity contribution in [2.45, 2.75) is 12.5 Å². The molecule has 2 heterocycles. The van der Waals surface area contributed by atoms with Gasteiger partial charge in [0.1, 0.15) is 5.82 Å². The molecule has 0 spiro atoms. The minimum atomic E-state index is -3.12. The highest BCUT2D eigenvalue weighted by atomic mass is 35.5. The van der Waals surface area contributed by atoms with Gasteiger partial charge in [-0.25, -0.2) is 12.8 Å². The second-order valence-corrected chi connectivity index (χ2v) is 9.50. The van der Waals surface area contributed by atoms with Crippen LogP contribution in [-0.4, -0.2) is 35.6 Å². The summed E-state index contributed by atoms with van der Waals surface area (Å²) in [7, 11) is -3.12. The molecular weight excluding hydrogens is 417 g/mol. The van der Waals surface area contributed by atoms with E-state index in [2.05, 4.69) is 10.4 Å². The van der Waals surface area contributed by atoms with E-state index in [4.69, 9.17) is 11.6 Å². The van der Waals surface area contributed by atoms with Gasteiger partial charge in [-0.3, -0.25) is 9.48 Å². The normalized spacial score (nSPS) is 17.9. The van der Waals surface area contributed by atoms with Crippen LogP contribution in [0.2, 0.25) is 5.02 Å². The Balaban J connectivity index is 1.69. The quantitative estimate of drug-likeness (QED) is 0.675. The minimum absolute atomic E-state index is 0.0108. The number of rotatable bonds is 4. The first kappa shape index (κ1) is 19.6. The summed E-state index contributed by atoms with van der Waals surface area (Å²) in [4.78, 5) is 12.7. The summed E-state index contributed by atoms with van der Waals surface area (Å²) in [6, 6.07) is 14.5. The number of carbonyl (C=O) groups is 1. The smallest absolute Gasteiger partial charge is 0.276 e. The van der Waals surface area contributed by atoms with Crippen molar-refractivity contribution in [3.63, 3.8) is 0 Å². The first-order valence-electron chi connectivity index (χ1n) is 8.94. The maximum absolute atomic E-state index is 13.3. The molecule has 1 fully saturated rings. The molecule has 1 atom stereocenters. The molecule has 0 unspecified atom stereocenters. The maximum atomic E-state index is 13.3. The maximum Gasteiger partial charge on any atom is 0.276 e. The second kappa shape index (κ2) is 7.61. The Morgan fingerprint density at radius 3 is 2.59 bits per heavy atom. The number of nitrogens with one attached hydrogen (secondary N) is 1. The molecule has 0 radical (unpaired) electrons. The molecule has 150 valence electrons. The molecule has 1 aromatic heterocycles. The summed E-state index contributed by atoms with van der Waals surface area (Å²) in [6.45, 7) is 0. The fraction of sp³-hybridized carbons (Fsp3) is 0.200. The van der Waals surface area contributed by atoms with Gasteiger partial charge < -0.3 is 5.32 Å². The first-order chi connectivity index (χ1) is 13.8. The lowest BCUT2D eigenvalue weighted by Crippen LogP contribution is -2.16. The zero-order valence-corrected chi connectivity index (χ0v) is 16.8. The van der Waals surface area contributed by atoms with E-state index in [0.717, 1.165) is 11.6 Å². The molecule has 0 saturated carbocycles. The van der Waals surface area contributed by atoms with Crippen molar-refractivity contribution in [3.05, 3.63) is 71.1 Å². The number of hydrogen-bond donors (Lipinski definition) is 1. The summed E-state index contributed by atoms with van der Waals surface area (Å²) >= 11 is 5.76. The van der Waals surface area contributed by atoms with Crippen LogP contribution in [0.3, 0.4) is 0 Å². The molecule has 0 aliphatic carbocycles. The zero-order valence-electron chi connectivity index (χ0n) is 15.2. The van der Waals surface area contributed by atoms with Crippen LogP contribution in [0.4, 0.5) is 10.1 Å². The standard InChI is InChI=1S/C20H17ClFN3O3S/c21-16-10-14(6-7-17(16)22)23-20(26)18-11-19(13-4-2-1-3-5-13)25(24-18)15-8-9-29(27,28)12-15/h1-7,10-11,15H,8-9,12H2,(H,23,26)/t15-/m0/s1. The molecule has 29 heavy (non-hydrogen) atoms. The van der Waals surface area contributed by atoms with Crippen molar-refractivity contribution >= 4 is 33.0 Å². The number of amides is 1.